The molecule has 0 radical (unpaired) electrons. The molecule has 48 valence electrons. The average molecular weight is 126 g/mol. The van der Waals surface area contributed by atoms with Gasteiger partial charge < -0.3 is 10.7 Å². The van der Waals surface area contributed by atoms with E-state index < -0.39 is 11.7 Å². The second-order valence-electron chi connectivity index (χ2n) is 1.81. The van der Waals surface area contributed by atoms with Crippen LogP contribution >= 0.6 is 0 Å². The van der Waals surface area contributed by atoms with Gasteiger partial charge in [0.1, 0.15) is 0 Å². The Hall–Kier alpha value is -1.19. The van der Waals surface area contributed by atoms with Crippen LogP contribution in [-0.2, 0) is 9.59 Å². The van der Waals surface area contributed by atoms with Gasteiger partial charge in [0, 0.05) is 13.0 Å². The van der Waals surface area contributed by atoms with Crippen LogP contribution in [0.2, 0.25) is 0 Å². The molecule has 0 saturated carbocycles. The summed E-state index contributed by atoms with van der Waals surface area (Å²) in [5.74, 6) is -1.34. The van der Waals surface area contributed by atoms with Gasteiger partial charge in [0.15, 0.2) is 0 Å². The monoisotopic (exact) mass is 126 g/mol. The van der Waals surface area contributed by atoms with Gasteiger partial charge in [-0.15, -0.1) is 0 Å². The molecule has 0 atom stereocenters. The van der Waals surface area contributed by atoms with Crippen molar-refractivity contribution in [1.29, 1.82) is 5.41 Å². The number of hydrogen-bond donors (Lipinski definition) is 2. The molecule has 1 amide bonds. The third-order valence-electron chi connectivity index (χ3n) is 1.14. The Morgan fingerprint density at radius 3 is 2.56 bits per heavy atom. The van der Waals surface area contributed by atoms with Crippen molar-refractivity contribution in [2.24, 2.45) is 0 Å². The van der Waals surface area contributed by atoms with Crippen molar-refractivity contribution in [2.75, 3.05) is 6.54 Å². The van der Waals surface area contributed by atoms with Crippen LogP contribution in [0.3, 0.4) is 0 Å². The van der Waals surface area contributed by atoms with Gasteiger partial charge >= 0.3 is 0 Å². The first kappa shape index (κ1) is 5.94. The molecule has 0 aliphatic carbocycles. The quantitative estimate of drug-likeness (QED) is 0.413. The lowest BCUT2D eigenvalue weighted by Gasteiger charge is -2.09. The van der Waals surface area contributed by atoms with Gasteiger partial charge in [-0.05, 0) is 0 Å². The average Bonchev–Trinajstić information content (AvgIpc) is 1.83. The summed E-state index contributed by atoms with van der Waals surface area (Å²) in [6.45, 7) is 0.420. The summed E-state index contributed by atoms with van der Waals surface area (Å²) in [5.41, 5.74) is -0.0845. The van der Waals surface area contributed by atoms with E-state index in [0.29, 0.717) is 13.0 Å². The van der Waals surface area contributed by atoms with Crippen LogP contribution in [0.4, 0.5) is 0 Å². The minimum absolute atomic E-state index is 0.0845. The predicted octanol–water partition coefficient (Wildman–Crippen LogP) is -0.905. The van der Waals surface area contributed by atoms with E-state index in [1.54, 1.807) is 0 Å². The standard InChI is InChI=1S/C5H6N2O2/c6-3-1-2-7-5(9)4(3)8/h6H,1-2H2,(H,7,9). The molecule has 0 aromatic carbocycles. The zero-order chi connectivity index (χ0) is 6.85. The summed E-state index contributed by atoms with van der Waals surface area (Å²) < 4.78 is 0. The molecule has 0 aromatic heterocycles. The predicted molar refractivity (Wildman–Crippen MR) is 30.4 cm³/mol. The molecule has 4 nitrogen and oxygen atoms in total. The van der Waals surface area contributed by atoms with Crippen molar-refractivity contribution < 1.29 is 9.59 Å². The van der Waals surface area contributed by atoms with Crippen LogP contribution in [0.25, 0.3) is 0 Å². The summed E-state index contributed by atoms with van der Waals surface area (Å²) in [7, 11) is 0. The number of hydrogen-bond acceptors (Lipinski definition) is 3. The lowest BCUT2D eigenvalue weighted by Crippen LogP contribution is -2.42. The summed E-state index contributed by atoms with van der Waals surface area (Å²) in [5, 5.41) is 9.25. The Bertz CT molecular complexity index is 167. The first-order valence-corrected chi connectivity index (χ1v) is 2.62. The van der Waals surface area contributed by atoms with Crippen molar-refractivity contribution in [2.45, 2.75) is 6.42 Å². The third kappa shape index (κ3) is 0.960. The Balaban J connectivity index is 2.74. The van der Waals surface area contributed by atoms with E-state index in [2.05, 4.69) is 5.32 Å². The zero-order valence-corrected chi connectivity index (χ0v) is 4.73. The summed E-state index contributed by atoms with van der Waals surface area (Å²) in [6, 6.07) is 0. The molecule has 9 heavy (non-hydrogen) atoms. The van der Waals surface area contributed by atoms with E-state index in [-0.39, 0.29) is 5.71 Å². The Morgan fingerprint density at radius 1 is 1.44 bits per heavy atom. The highest BCUT2D eigenvalue weighted by Crippen LogP contribution is 1.91. The molecule has 0 spiro atoms. The number of carbonyl (C=O) groups excluding carboxylic acids is 2. The highest BCUT2D eigenvalue weighted by atomic mass is 16.2. The first-order chi connectivity index (χ1) is 4.22. The van der Waals surface area contributed by atoms with Crippen molar-refractivity contribution in [1.82, 2.24) is 5.32 Å². The molecule has 1 fully saturated rings. The van der Waals surface area contributed by atoms with Crippen molar-refractivity contribution >= 4 is 17.4 Å². The fourth-order valence-electron chi connectivity index (χ4n) is 0.632. The molecule has 0 unspecified atom stereocenters. The van der Waals surface area contributed by atoms with Crippen LogP contribution in [0.15, 0.2) is 0 Å². The molecular formula is C5H6N2O2. The second kappa shape index (κ2) is 1.97. The van der Waals surface area contributed by atoms with Gasteiger partial charge in [0.25, 0.3) is 11.7 Å². The summed E-state index contributed by atoms with van der Waals surface area (Å²) in [4.78, 5) is 20.9. The summed E-state index contributed by atoms with van der Waals surface area (Å²) >= 11 is 0. The number of ketones is 1. The van der Waals surface area contributed by atoms with Gasteiger partial charge in [-0.25, -0.2) is 0 Å². The topological polar surface area (TPSA) is 70.0 Å². The molecule has 1 saturated heterocycles. The molecule has 1 rings (SSSR count). The largest absolute Gasteiger partial charge is 0.349 e. The lowest BCUT2D eigenvalue weighted by atomic mass is 10.1. The van der Waals surface area contributed by atoms with Crippen LogP contribution < -0.4 is 5.32 Å². The van der Waals surface area contributed by atoms with Crippen LogP contribution in [0, 0.1) is 5.41 Å². The van der Waals surface area contributed by atoms with Gasteiger partial charge in [-0.2, -0.15) is 0 Å². The second-order valence-corrected chi connectivity index (χ2v) is 1.81. The molecule has 4 heteroatoms. The fourth-order valence-corrected chi connectivity index (χ4v) is 0.632. The van der Waals surface area contributed by atoms with Gasteiger partial charge in [-0.3, -0.25) is 9.59 Å². The van der Waals surface area contributed by atoms with Crippen molar-refractivity contribution in [3.63, 3.8) is 0 Å². The maximum Gasteiger partial charge on any atom is 0.293 e. The molecule has 2 N–H and O–H groups in total. The van der Waals surface area contributed by atoms with Crippen molar-refractivity contribution in [3.8, 4) is 0 Å². The van der Waals surface area contributed by atoms with Gasteiger partial charge in [-0.1, -0.05) is 0 Å². The number of amides is 1. The number of Topliss-reactive ketones (excluding diaryl/α,β-unsaturated/α-hetero) is 1. The number of rotatable bonds is 0. The Labute approximate surface area is 51.8 Å². The van der Waals surface area contributed by atoms with E-state index in [4.69, 9.17) is 5.41 Å². The SMILES string of the molecule is N=C1CCNC(=O)C1=O. The van der Waals surface area contributed by atoms with Crippen LogP contribution in [0.1, 0.15) is 6.42 Å². The molecular weight excluding hydrogens is 120 g/mol. The first-order valence-electron chi connectivity index (χ1n) is 2.62. The third-order valence-corrected chi connectivity index (χ3v) is 1.14. The smallest absolute Gasteiger partial charge is 0.293 e. The lowest BCUT2D eigenvalue weighted by molar-refractivity contribution is -0.134. The minimum atomic E-state index is -0.693. The molecule has 0 bridgehead atoms. The molecule has 1 aliphatic heterocycles. The zero-order valence-electron chi connectivity index (χ0n) is 4.73. The van der Waals surface area contributed by atoms with E-state index in [9.17, 15) is 9.59 Å². The normalized spacial score (nSPS) is 19.8. The Morgan fingerprint density at radius 2 is 2.11 bits per heavy atom. The number of nitrogens with one attached hydrogen (secondary N) is 2. The highest BCUT2D eigenvalue weighted by molar-refractivity contribution is 6.64. The minimum Gasteiger partial charge on any atom is -0.349 e. The molecule has 0 aromatic rings. The van der Waals surface area contributed by atoms with Crippen LogP contribution in [-0.4, -0.2) is 23.9 Å². The summed E-state index contributed by atoms with van der Waals surface area (Å²) in [6.07, 6.45) is 0.366. The van der Waals surface area contributed by atoms with Gasteiger partial charge in [0.05, 0.1) is 5.71 Å². The highest BCUT2D eigenvalue weighted by Gasteiger charge is 2.22. The maximum atomic E-state index is 10.5. The number of carbonyl (C=O) groups is 2. The van der Waals surface area contributed by atoms with E-state index in [0.717, 1.165) is 0 Å². The molecule has 1 aliphatic rings. The van der Waals surface area contributed by atoms with E-state index >= 15 is 0 Å². The van der Waals surface area contributed by atoms with E-state index in [1.165, 1.54) is 0 Å². The number of piperidine rings is 1. The van der Waals surface area contributed by atoms with E-state index in [1.807, 2.05) is 0 Å². The Kier molecular flexibility index (Phi) is 1.30. The molecule has 1 heterocycles. The van der Waals surface area contributed by atoms with Crippen molar-refractivity contribution in [3.05, 3.63) is 0 Å². The fraction of sp³-hybridized carbons (Fsp3) is 0.400. The van der Waals surface area contributed by atoms with Gasteiger partial charge in [0.2, 0.25) is 0 Å². The maximum absolute atomic E-state index is 10.5. The van der Waals surface area contributed by atoms with Crippen LogP contribution in [0.5, 0.6) is 0 Å².